The van der Waals surface area contributed by atoms with Crippen LogP contribution in [0.3, 0.4) is 0 Å². The molecule has 1 aromatic carbocycles. The Hall–Kier alpha value is -0.850. The minimum Gasteiger partial charge on any atom is -0.396 e. The van der Waals surface area contributed by atoms with Gasteiger partial charge in [-0.1, -0.05) is 12.1 Å². The highest BCUT2D eigenvalue weighted by Gasteiger charge is 2.26. The van der Waals surface area contributed by atoms with E-state index in [0.717, 1.165) is 39.1 Å². The van der Waals surface area contributed by atoms with Gasteiger partial charge in [-0.15, -0.1) is 11.8 Å². The van der Waals surface area contributed by atoms with E-state index < -0.39 is 0 Å². The van der Waals surface area contributed by atoms with Crippen LogP contribution in [0.1, 0.15) is 17.5 Å². The third-order valence-corrected chi connectivity index (χ3v) is 6.11. The van der Waals surface area contributed by atoms with Crippen molar-refractivity contribution in [3.8, 4) is 0 Å². The maximum atomic E-state index is 9.46. The van der Waals surface area contributed by atoms with Crippen molar-refractivity contribution in [2.75, 3.05) is 32.5 Å². The SMILES string of the molecule is CSc1cccc(CN2CCN(Cc3ccsc3)[C@@H](CCO)C2)c1. The van der Waals surface area contributed by atoms with Gasteiger partial charge in [-0.25, -0.2) is 0 Å². The fraction of sp³-hybridized carbons (Fsp3) is 0.474. The highest BCUT2D eigenvalue weighted by atomic mass is 32.2. The number of benzene rings is 1. The summed E-state index contributed by atoms with van der Waals surface area (Å²) < 4.78 is 0. The first kappa shape index (κ1) is 18.0. The molecule has 2 heterocycles. The summed E-state index contributed by atoms with van der Waals surface area (Å²) in [5, 5.41) is 13.8. The monoisotopic (exact) mass is 362 g/mol. The molecule has 1 aliphatic rings. The molecule has 5 heteroatoms. The largest absolute Gasteiger partial charge is 0.396 e. The molecular weight excluding hydrogens is 336 g/mol. The van der Waals surface area contributed by atoms with Gasteiger partial charge in [-0.3, -0.25) is 9.80 Å². The van der Waals surface area contributed by atoms with Crippen molar-refractivity contribution < 1.29 is 5.11 Å². The molecule has 0 radical (unpaired) electrons. The second-order valence-electron chi connectivity index (χ2n) is 6.35. The zero-order valence-electron chi connectivity index (χ0n) is 14.2. The predicted octanol–water partition coefficient (Wildman–Crippen LogP) is 3.54. The van der Waals surface area contributed by atoms with Gasteiger partial charge in [0.05, 0.1) is 0 Å². The smallest absolute Gasteiger partial charge is 0.0446 e. The third kappa shape index (κ3) is 4.83. The molecule has 1 saturated heterocycles. The zero-order chi connectivity index (χ0) is 16.8. The lowest BCUT2D eigenvalue weighted by molar-refractivity contribution is 0.0500. The van der Waals surface area contributed by atoms with E-state index in [2.05, 4.69) is 57.1 Å². The van der Waals surface area contributed by atoms with Crippen LogP contribution in [0.2, 0.25) is 0 Å². The molecule has 0 amide bonds. The number of aliphatic hydroxyl groups is 1. The van der Waals surface area contributed by atoms with Gasteiger partial charge < -0.3 is 5.11 Å². The van der Waals surface area contributed by atoms with Crippen LogP contribution in [0.4, 0.5) is 0 Å². The molecule has 0 saturated carbocycles. The van der Waals surface area contributed by atoms with E-state index in [1.165, 1.54) is 16.0 Å². The maximum Gasteiger partial charge on any atom is 0.0446 e. The summed E-state index contributed by atoms with van der Waals surface area (Å²) in [4.78, 5) is 6.40. The predicted molar refractivity (Wildman–Crippen MR) is 104 cm³/mol. The average molecular weight is 363 g/mol. The zero-order valence-corrected chi connectivity index (χ0v) is 15.9. The van der Waals surface area contributed by atoms with Gasteiger partial charge in [0.15, 0.2) is 0 Å². The summed E-state index contributed by atoms with van der Waals surface area (Å²) in [6.45, 7) is 5.47. The van der Waals surface area contributed by atoms with Crippen LogP contribution in [0, 0.1) is 0 Å². The van der Waals surface area contributed by atoms with Crippen molar-refractivity contribution in [3.63, 3.8) is 0 Å². The van der Waals surface area contributed by atoms with Crippen molar-refractivity contribution in [1.82, 2.24) is 9.80 Å². The summed E-state index contributed by atoms with van der Waals surface area (Å²) in [6.07, 6.45) is 2.98. The van der Waals surface area contributed by atoms with Gasteiger partial charge in [0.2, 0.25) is 0 Å². The first-order valence-electron chi connectivity index (χ1n) is 8.49. The quantitative estimate of drug-likeness (QED) is 0.762. The number of hydrogen-bond donors (Lipinski definition) is 1. The van der Waals surface area contributed by atoms with E-state index in [1.54, 1.807) is 23.1 Å². The molecule has 0 spiro atoms. The molecule has 0 bridgehead atoms. The summed E-state index contributed by atoms with van der Waals surface area (Å²) in [5.74, 6) is 0. The normalized spacial score (nSPS) is 19.7. The van der Waals surface area contributed by atoms with Crippen molar-refractivity contribution in [3.05, 3.63) is 52.2 Å². The lowest BCUT2D eigenvalue weighted by atomic mass is 10.1. The minimum absolute atomic E-state index is 0.264. The number of hydrogen-bond acceptors (Lipinski definition) is 5. The van der Waals surface area contributed by atoms with Crippen LogP contribution < -0.4 is 0 Å². The van der Waals surface area contributed by atoms with Crippen LogP contribution >= 0.6 is 23.1 Å². The van der Waals surface area contributed by atoms with E-state index in [4.69, 9.17) is 0 Å². The fourth-order valence-corrected chi connectivity index (χ4v) is 4.52. The van der Waals surface area contributed by atoms with E-state index in [1.807, 2.05) is 0 Å². The Morgan fingerprint density at radius 2 is 2.12 bits per heavy atom. The highest BCUT2D eigenvalue weighted by Crippen LogP contribution is 2.21. The number of aliphatic hydroxyl groups excluding tert-OH is 1. The Bertz CT molecular complexity index is 618. The van der Waals surface area contributed by atoms with E-state index in [-0.39, 0.29) is 6.61 Å². The molecule has 1 N–H and O–H groups in total. The van der Waals surface area contributed by atoms with Crippen LogP contribution in [0.5, 0.6) is 0 Å². The number of rotatable bonds is 7. The minimum atomic E-state index is 0.264. The van der Waals surface area contributed by atoms with Crippen LogP contribution in [0.15, 0.2) is 46.0 Å². The Labute approximate surface area is 153 Å². The number of thiophene rings is 1. The second-order valence-corrected chi connectivity index (χ2v) is 8.01. The number of piperazine rings is 1. The molecule has 24 heavy (non-hydrogen) atoms. The lowest BCUT2D eigenvalue weighted by Gasteiger charge is -2.41. The summed E-state index contributed by atoms with van der Waals surface area (Å²) in [6, 6.07) is 11.5. The molecule has 1 aliphatic heterocycles. The lowest BCUT2D eigenvalue weighted by Crippen LogP contribution is -2.52. The summed E-state index contributed by atoms with van der Waals surface area (Å²) in [5.41, 5.74) is 2.78. The molecule has 1 aromatic heterocycles. The van der Waals surface area contributed by atoms with Gasteiger partial charge in [0.25, 0.3) is 0 Å². The third-order valence-electron chi connectivity index (χ3n) is 4.66. The van der Waals surface area contributed by atoms with E-state index in [0.29, 0.717) is 6.04 Å². The Morgan fingerprint density at radius 3 is 2.88 bits per heavy atom. The first-order valence-corrected chi connectivity index (χ1v) is 10.7. The van der Waals surface area contributed by atoms with Crippen LogP contribution in [-0.2, 0) is 13.1 Å². The fourth-order valence-electron chi connectivity index (χ4n) is 3.38. The van der Waals surface area contributed by atoms with Crippen molar-refractivity contribution in [2.45, 2.75) is 30.4 Å². The standard InChI is InChI=1S/C19H26N2OS2/c1-23-19-4-2-3-16(11-19)12-20-7-8-21(18(14-20)5-9-22)13-17-6-10-24-15-17/h2-4,6,10-11,15,18,22H,5,7-9,12-14H2,1H3/t18-/m0/s1. The molecule has 0 aliphatic carbocycles. The van der Waals surface area contributed by atoms with Gasteiger partial charge in [0.1, 0.15) is 0 Å². The topological polar surface area (TPSA) is 26.7 Å². The van der Waals surface area contributed by atoms with Crippen molar-refractivity contribution >= 4 is 23.1 Å². The molecule has 2 aromatic rings. The van der Waals surface area contributed by atoms with Crippen molar-refractivity contribution in [2.24, 2.45) is 0 Å². The second kappa shape index (κ2) is 9.02. The first-order chi connectivity index (χ1) is 11.8. The number of thioether (sulfide) groups is 1. The van der Waals surface area contributed by atoms with Gasteiger partial charge >= 0.3 is 0 Å². The summed E-state index contributed by atoms with van der Waals surface area (Å²) >= 11 is 3.56. The Balaban J connectivity index is 1.61. The Morgan fingerprint density at radius 1 is 1.21 bits per heavy atom. The maximum absolute atomic E-state index is 9.46. The average Bonchev–Trinajstić information content (AvgIpc) is 3.11. The number of nitrogens with zero attached hydrogens (tertiary/aromatic N) is 2. The van der Waals surface area contributed by atoms with Crippen LogP contribution in [0.25, 0.3) is 0 Å². The molecule has 1 atom stereocenters. The molecule has 0 unspecified atom stereocenters. The highest BCUT2D eigenvalue weighted by molar-refractivity contribution is 7.98. The van der Waals surface area contributed by atoms with Crippen molar-refractivity contribution in [1.29, 1.82) is 0 Å². The molecular formula is C19H26N2OS2. The Kier molecular flexibility index (Phi) is 6.75. The molecule has 3 rings (SSSR count). The molecule has 3 nitrogen and oxygen atoms in total. The van der Waals surface area contributed by atoms with Gasteiger partial charge in [-0.2, -0.15) is 11.3 Å². The van der Waals surface area contributed by atoms with Crippen LogP contribution in [-0.4, -0.2) is 53.4 Å². The van der Waals surface area contributed by atoms with Gasteiger partial charge in [0, 0.05) is 50.3 Å². The van der Waals surface area contributed by atoms with E-state index in [9.17, 15) is 5.11 Å². The summed E-state index contributed by atoms with van der Waals surface area (Å²) in [7, 11) is 0. The molecule has 1 fully saturated rings. The van der Waals surface area contributed by atoms with Gasteiger partial charge in [-0.05, 0) is 52.8 Å². The molecule has 130 valence electrons. The van der Waals surface area contributed by atoms with E-state index >= 15 is 0 Å².